The third-order valence-corrected chi connectivity index (χ3v) is 3.39. The number of hydrogen-bond acceptors (Lipinski definition) is 4. The van der Waals surface area contributed by atoms with Gasteiger partial charge in [0.05, 0.1) is 22.2 Å². The Labute approximate surface area is 127 Å². The number of aryl methyl sites for hydroxylation is 1. The second-order valence-corrected chi connectivity index (χ2v) is 4.95. The van der Waals surface area contributed by atoms with Crippen molar-refractivity contribution in [2.45, 2.75) is 6.18 Å². The summed E-state index contributed by atoms with van der Waals surface area (Å²) >= 11 is 5.60. The molecule has 1 N–H and O–H groups in total. The van der Waals surface area contributed by atoms with Crippen LogP contribution < -0.4 is 5.32 Å². The summed E-state index contributed by atoms with van der Waals surface area (Å²) in [4.78, 5) is 8.10. The maximum Gasteiger partial charge on any atom is 0.417 e. The summed E-state index contributed by atoms with van der Waals surface area (Å²) in [6.45, 7) is 0. The molecular weight excluding hydrogens is 319 g/mol. The van der Waals surface area contributed by atoms with Gasteiger partial charge in [-0.05, 0) is 18.2 Å². The lowest BCUT2D eigenvalue weighted by atomic mass is 10.2. The SMILES string of the molecule is Cn1ncc2c(Nc3ccc(Cl)c(C(F)(F)F)c3)ncnc21. The summed E-state index contributed by atoms with van der Waals surface area (Å²) in [5.74, 6) is 0.369. The molecule has 1 aromatic carbocycles. The lowest BCUT2D eigenvalue weighted by molar-refractivity contribution is -0.137. The van der Waals surface area contributed by atoms with E-state index in [1.54, 1.807) is 11.7 Å². The van der Waals surface area contributed by atoms with Gasteiger partial charge in [-0.2, -0.15) is 18.3 Å². The molecule has 0 spiro atoms. The summed E-state index contributed by atoms with van der Waals surface area (Å²) in [5, 5.41) is 7.13. The van der Waals surface area contributed by atoms with E-state index in [0.717, 1.165) is 6.07 Å². The van der Waals surface area contributed by atoms with Gasteiger partial charge in [0.25, 0.3) is 0 Å². The van der Waals surface area contributed by atoms with E-state index in [2.05, 4.69) is 20.4 Å². The third-order valence-electron chi connectivity index (χ3n) is 3.06. The number of fused-ring (bicyclic) bond motifs is 1. The summed E-state index contributed by atoms with van der Waals surface area (Å²) in [7, 11) is 1.71. The average Bonchev–Trinajstić information content (AvgIpc) is 2.83. The van der Waals surface area contributed by atoms with E-state index < -0.39 is 11.7 Å². The first-order valence-electron chi connectivity index (χ1n) is 6.13. The van der Waals surface area contributed by atoms with E-state index in [1.165, 1.54) is 24.7 Å². The molecule has 0 amide bonds. The second-order valence-electron chi connectivity index (χ2n) is 4.55. The predicted octanol–water partition coefficient (Wildman–Crippen LogP) is 3.78. The number of nitrogens with one attached hydrogen (secondary N) is 1. The molecule has 3 rings (SSSR count). The van der Waals surface area contributed by atoms with E-state index in [4.69, 9.17) is 11.6 Å². The van der Waals surface area contributed by atoms with E-state index in [9.17, 15) is 13.2 Å². The van der Waals surface area contributed by atoms with Crippen LogP contribution in [0, 0.1) is 0 Å². The lowest BCUT2D eigenvalue weighted by Crippen LogP contribution is -2.06. The van der Waals surface area contributed by atoms with Crippen LogP contribution in [0.4, 0.5) is 24.7 Å². The van der Waals surface area contributed by atoms with Crippen molar-refractivity contribution in [2.75, 3.05) is 5.32 Å². The minimum atomic E-state index is -4.52. The Kier molecular flexibility index (Phi) is 3.40. The van der Waals surface area contributed by atoms with Crippen LogP contribution >= 0.6 is 11.6 Å². The summed E-state index contributed by atoms with van der Waals surface area (Å²) in [6.07, 6.45) is -1.67. The van der Waals surface area contributed by atoms with Crippen LogP contribution in [0.2, 0.25) is 5.02 Å². The van der Waals surface area contributed by atoms with Crippen molar-refractivity contribution in [1.29, 1.82) is 0 Å². The van der Waals surface area contributed by atoms with Gasteiger partial charge in [0.1, 0.15) is 12.1 Å². The molecule has 0 unspecified atom stereocenters. The zero-order chi connectivity index (χ0) is 15.9. The van der Waals surface area contributed by atoms with E-state index in [0.29, 0.717) is 16.9 Å². The Morgan fingerprint density at radius 2 is 2.00 bits per heavy atom. The van der Waals surface area contributed by atoms with Crippen LogP contribution in [0.15, 0.2) is 30.7 Å². The molecule has 0 atom stereocenters. The van der Waals surface area contributed by atoms with Gasteiger partial charge in [0, 0.05) is 12.7 Å². The Bertz CT molecular complexity index is 843. The van der Waals surface area contributed by atoms with Crippen LogP contribution in [0.3, 0.4) is 0 Å². The summed E-state index contributed by atoms with van der Waals surface area (Å²) in [6, 6.07) is 3.57. The Morgan fingerprint density at radius 1 is 1.23 bits per heavy atom. The quantitative estimate of drug-likeness (QED) is 0.778. The first kappa shape index (κ1) is 14.6. The number of anilines is 2. The maximum absolute atomic E-state index is 12.9. The minimum absolute atomic E-state index is 0.223. The third kappa shape index (κ3) is 2.57. The molecule has 2 aromatic heterocycles. The normalized spacial score (nSPS) is 11.9. The van der Waals surface area contributed by atoms with Crippen molar-refractivity contribution in [1.82, 2.24) is 19.7 Å². The number of benzene rings is 1. The zero-order valence-electron chi connectivity index (χ0n) is 11.2. The fourth-order valence-corrected chi connectivity index (χ4v) is 2.24. The smallest absolute Gasteiger partial charge is 0.340 e. The minimum Gasteiger partial charge on any atom is -0.340 e. The molecule has 0 aliphatic carbocycles. The highest BCUT2D eigenvalue weighted by molar-refractivity contribution is 6.31. The van der Waals surface area contributed by atoms with Crippen molar-refractivity contribution in [3.8, 4) is 0 Å². The van der Waals surface area contributed by atoms with Gasteiger partial charge in [-0.1, -0.05) is 11.6 Å². The molecule has 22 heavy (non-hydrogen) atoms. The number of nitrogens with zero attached hydrogens (tertiary/aromatic N) is 4. The number of rotatable bonds is 2. The van der Waals surface area contributed by atoms with Gasteiger partial charge in [-0.3, -0.25) is 4.68 Å². The largest absolute Gasteiger partial charge is 0.417 e. The van der Waals surface area contributed by atoms with Gasteiger partial charge in [-0.15, -0.1) is 0 Å². The van der Waals surface area contributed by atoms with Gasteiger partial charge in [-0.25, -0.2) is 9.97 Å². The highest BCUT2D eigenvalue weighted by atomic mass is 35.5. The predicted molar refractivity (Wildman–Crippen MR) is 76.0 cm³/mol. The van der Waals surface area contributed by atoms with Crippen molar-refractivity contribution >= 4 is 34.1 Å². The fourth-order valence-electron chi connectivity index (χ4n) is 2.02. The highest BCUT2D eigenvalue weighted by Gasteiger charge is 2.33. The lowest BCUT2D eigenvalue weighted by Gasteiger charge is -2.12. The number of hydrogen-bond donors (Lipinski definition) is 1. The average molecular weight is 328 g/mol. The number of aromatic nitrogens is 4. The first-order valence-corrected chi connectivity index (χ1v) is 6.50. The molecule has 0 fully saturated rings. The van der Waals surface area contributed by atoms with E-state index in [1.807, 2.05) is 0 Å². The van der Waals surface area contributed by atoms with E-state index in [-0.39, 0.29) is 10.7 Å². The van der Waals surface area contributed by atoms with Gasteiger partial charge >= 0.3 is 6.18 Å². The van der Waals surface area contributed by atoms with Gasteiger partial charge in [0.2, 0.25) is 0 Å². The second kappa shape index (κ2) is 5.13. The Morgan fingerprint density at radius 3 is 2.73 bits per heavy atom. The molecule has 0 radical (unpaired) electrons. The van der Waals surface area contributed by atoms with Crippen LogP contribution in [-0.2, 0) is 13.2 Å². The molecule has 0 saturated carbocycles. The zero-order valence-corrected chi connectivity index (χ0v) is 11.9. The molecule has 0 aliphatic rings. The molecule has 3 aromatic rings. The molecule has 9 heteroatoms. The monoisotopic (exact) mass is 327 g/mol. The molecular formula is C13H9ClF3N5. The van der Waals surface area contributed by atoms with Crippen molar-refractivity contribution in [3.05, 3.63) is 41.3 Å². The number of alkyl halides is 3. The van der Waals surface area contributed by atoms with Crippen molar-refractivity contribution < 1.29 is 13.2 Å². The van der Waals surface area contributed by atoms with Crippen LogP contribution in [-0.4, -0.2) is 19.7 Å². The first-order chi connectivity index (χ1) is 10.4. The van der Waals surface area contributed by atoms with Gasteiger partial charge < -0.3 is 5.32 Å². The van der Waals surface area contributed by atoms with Gasteiger partial charge in [0.15, 0.2) is 5.65 Å². The maximum atomic E-state index is 12.9. The highest BCUT2D eigenvalue weighted by Crippen LogP contribution is 2.36. The number of halogens is 4. The fraction of sp³-hybridized carbons (Fsp3) is 0.154. The van der Waals surface area contributed by atoms with E-state index >= 15 is 0 Å². The topological polar surface area (TPSA) is 55.6 Å². The summed E-state index contributed by atoms with van der Waals surface area (Å²) < 4.78 is 40.2. The standard InChI is InChI=1S/C13H9ClF3N5/c1-22-12-8(5-20-22)11(18-6-19-12)21-7-2-3-10(14)9(4-7)13(15,16)17/h2-6H,1H3,(H,18,19,21). The van der Waals surface area contributed by atoms with Crippen molar-refractivity contribution in [3.63, 3.8) is 0 Å². The Hall–Kier alpha value is -2.35. The molecule has 0 bridgehead atoms. The van der Waals surface area contributed by atoms with Crippen LogP contribution in [0.1, 0.15) is 5.56 Å². The van der Waals surface area contributed by atoms with Crippen molar-refractivity contribution in [2.24, 2.45) is 7.05 Å². The molecule has 0 aliphatic heterocycles. The van der Waals surface area contributed by atoms with Crippen LogP contribution in [0.25, 0.3) is 11.0 Å². The molecule has 5 nitrogen and oxygen atoms in total. The molecule has 114 valence electrons. The Balaban J connectivity index is 2.02. The van der Waals surface area contributed by atoms with Crippen LogP contribution in [0.5, 0.6) is 0 Å². The summed E-state index contributed by atoms with van der Waals surface area (Å²) in [5.41, 5.74) is -0.112. The molecule has 0 saturated heterocycles. The molecule has 2 heterocycles.